The molecule has 2 saturated heterocycles. The summed E-state index contributed by atoms with van der Waals surface area (Å²) in [6.07, 6.45) is 11.9. The van der Waals surface area contributed by atoms with Gasteiger partial charge in [0.15, 0.2) is 0 Å². The summed E-state index contributed by atoms with van der Waals surface area (Å²) >= 11 is 5.84. The van der Waals surface area contributed by atoms with Crippen LogP contribution < -0.4 is 4.74 Å². The topological polar surface area (TPSA) is 51.1 Å². The SMILES string of the molecule is Clc1cnc(OC2C(Cc3cccnc3)N3CCC34CCC24)cn1. The van der Waals surface area contributed by atoms with Crippen LogP contribution in [0.5, 0.6) is 5.88 Å². The van der Waals surface area contributed by atoms with Crippen LogP contribution in [0.2, 0.25) is 5.15 Å². The second kappa shape index (κ2) is 5.39. The molecule has 6 heteroatoms. The van der Waals surface area contributed by atoms with E-state index < -0.39 is 0 Å². The molecule has 24 heavy (non-hydrogen) atoms. The molecule has 1 saturated carbocycles. The van der Waals surface area contributed by atoms with Gasteiger partial charge in [-0.25, -0.2) is 9.97 Å². The lowest BCUT2D eigenvalue weighted by Crippen LogP contribution is -2.65. The summed E-state index contributed by atoms with van der Waals surface area (Å²) in [6.45, 7) is 1.17. The van der Waals surface area contributed by atoms with Crippen molar-refractivity contribution in [2.75, 3.05) is 6.54 Å². The molecule has 2 aromatic heterocycles. The van der Waals surface area contributed by atoms with Gasteiger partial charge in [-0.05, 0) is 37.3 Å². The monoisotopic (exact) mass is 342 g/mol. The minimum absolute atomic E-state index is 0.164. The van der Waals surface area contributed by atoms with Crippen LogP contribution in [0.15, 0.2) is 36.9 Å². The predicted molar refractivity (Wildman–Crippen MR) is 90.0 cm³/mol. The summed E-state index contributed by atoms with van der Waals surface area (Å²) in [4.78, 5) is 15.3. The van der Waals surface area contributed by atoms with Crippen molar-refractivity contribution in [3.8, 4) is 5.88 Å². The number of hydrogen-bond acceptors (Lipinski definition) is 5. The normalized spacial score (nSPS) is 34.0. The summed E-state index contributed by atoms with van der Waals surface area (Å²) in [5.74, 6) is 1.18. The Balaban J connectivity index is 1.43. The predicted octanol–water partition coefficient (Wildman–Crippen LogP) is 2.75. The molecule has 5 nitrogen and oxygen atoms in total. The van der Waals surface area contributed by atoms with Gasteiger partial charge in [-0.3, -0.25) is 9.88 Å². The van der Waals surface area contributed by atoms with Crippen molar-refractivity contribution >= 4 is 11.6 Å². The zero-order valence-corrected chi connectivity index (χ0v) is 14.1. The van der Waals surface area contributed by atoms with Gasteiger partial charge in [0.25, 0.3) is 0 Å². The quantitative estimate of drug-likeness (QED) is 0.855. The smallest absolute Gasteiger partial charge is 0.232 e. The lowest BCUT2D eigenvalue weighted by Gasteiger charge is -2.58. The Morgan fingerprint density at radius 1 is 1.25 bits per heavy atom. The van der Waals surface area contributed by atoms with Gasteiger partial charge in [-0.2, -0.15) is 0 Å². The van der Waals surface area contributed by atoms with Crippen molar-refractivity contribution in [2.24, 2.45) is 5.92 Å². The molecule has 4 heterocycles. The largest absolute Gasteiger partial charge is 0.471 e. The molecule has 0 bridgehead atoms. The third-order valence-corrected chi connectivity index (χ3v) is 6.33. The Labute approximate surface area is 146 Å². The first-order valence-electron chi connectivity index (χ1n) is 8.56. The second-order valence-electron chi connectivity index (χ2n) is 7.08. The van der Waals surface area contributed by atoms with E-state index in [1.165, 1.54) is 31.4 Å². The second-order valence-corrected chi connectivity index (χ2v) is 7.47. The van der Waals surface area contributed by atoms with Crippen LogP contribution in [0.4, 0.5) is 0 Å². The van der Waals surface area contributed by atoms with Crippen LogP contribution in [0.3, 0.4) is 0 Å². The summed E-state index contributed by atoms with van der Waals surface area (Å²) < 4.78 is 6.33. The van der Waals surface area contributed by atoms with Gasteiger partial charge in [-0.1, -0.05) is 17.7 Å². The highest BCUT2D eigenvalue weighted by molar-refractivity contribution is 6.29. The molecule has 0 radical (unpaired) electrons. The molecular weight excluding hydrogens is 324 g/mol. The lowest BCUT2D eigenvalue weighted by molar-refractivity contribution is -0.0836. The van der Waals surface area contributed by atoms with Crippen LogP contribution in [-0.4, -0.2) is 44.1 Å². The molecule has 2 aromatic rings. The molecule has 2 aliphatic heterocycles. The van der Waals surface area contributed by atoms with Crippen molar-refractivity contribution in [1.82, 2.24) is 19.9 Å². The van der Waals surface area contributed by atoms with E-state index in [2.05, 4.69) is 25.9 Å². The third-order valence-electron chi connectivity index (χ3n) is 6.13. The highest BCUT2D eigenvalue weighted by Crippen LogP contribution is 2.60. The number of rotatable bonds is 4. The Kier molecular flexibility index (Phi) is 3.28. The van der Waals surface area contributed by atoms with Crippen molar-refractivity contribution < 1.29 is 4.74 Å². The highest BCUT2D eigenvalue weighted by Gasteiger charge is 2.68. The molecule has 0 amide bonds. The van der Waals surface area contributed by atoms with Crippen molar-refractivity contribution in [3.05, 3.63) is 47.6 Å². The van der Waals surface area contributed by atoms with E-state index in [1.54, 1.807) is 12.4 Å². The molecule has 4 unspecified atom stereocenters. The summed E-state index contributed by atoms with van der Waals surface area (Å²) in [6, 6.07) is 4.54. The number of pyridine rings is 1. The van der Waals surface area contributed by atoms with E-state index in [9.17, 15) is 0 Å². The number of halogens is 1. The average molecular weight is 343 g/mol. The fourth-order valence-corrected chi connectivity index (χ4v) is 5.00. The standard InChI is InChI=1S/C18H19ClN4O/c19-15-10-22-16(11-21-15)24-17-13-3-4-18(13)5-7-23(18)14(17)8-12-2-1-6-20-9-12/h1-2,6,9-11,13-14,17H,3-5,7-8H2. The summed E-state index contributed by atoms with van der Waals surface area (Å²) in [5, 5.41) is 0.393. The minimum atomic E-state index is 0.164. The molecule has 124 valence electrons. The van der Waals surface area contributed by atoms with Crippen LogP contribution in [0.1, 0.15) is 24.8 Å². The zero-order valence-electron chi connectivity index (χ0n) is 13.3. The molecule has 1 aliphatic carbocycles. The van der Waals surface area contributed by atoms with Crippen LogP contribution in [0.25, 0.3) is 0 Å². The van der Waals surface area contributed by atoms with Gasteiger partial charge in [0, 0.05) is 30.4 Å². The first kappa shape index (κ1) is 14.6. The van der Waals surface area contributed by atoms with E-state index >= 15 is 0 Å². The maximum absolute atomic E-state index is 6.33. The zero-order chi connectivity index (χ0) is 16.1. The van der Waals surface area contributed by atoms with Gasteiger partial charge in [0.1, 0.15) is 11.3 Å². The van der Waals surface area contributed by atoms with Crippen LogP contribution >= 0.6 is 11.6 Å². The average Bonchev–Trinajstić information content (AvgIpc) is 2.64. The van der Waals surface area contributed by atoms with Gasteiger partial charge in [-0.15, -0.1) is 0 Å². The molecule has 3 fully saturated rings. The third kappa shape index (κ3) is 2.07. The Hall–Kier alpha value is -1.72. The summed E-state index contributed by atoms with van der Waals surface area (Å²) in [7, 11) is 0. The Bertz CT molecular complexity index is 736. The van der Waals surface area contributed by atoms with Crippen LogP contribution in [-0.2, 0) is 6.42 Å². The first-order valence-corrected chi connectivity index (χ1v) is 8.94. The number of nitrogens with zero attached hydrogens (tertiary/aromatic N) is 4. The fraction of sp³-hybridized carbons (Fsp3) is 0.500. The molecule has 5 rings (SSSR count). The number of hydrogen-bond donors (Lipinski definition) is 0. The molecule has 0 N–H and O–H groups in total. The number of aromatic nitrogens is 3. The molecule has 4 atom stereocenters. The molecule has 3 aliphatic rings. The van der Waals surface area contributed by atoms with Crippen molar-refractivity contribution in [3.63, 3.8) is 0 Å². The van der Waals surface area contributed by atoms with Crippen molar-refractivity contribution in [1.29, 1.82) is 0 Å². The molecule has 0 aromatic carbocycles. The van der Waals surface area contributed by atoms with Crippen molar-refractivity contribution in [2.45, 2.75) is 43.4 Å². The Morgan fingerprint density at radius 3 is 2.83 bits per heavy atom. The van der Waals surface area contributed by atoms with E-state index in [4.69, 9.17) is 16.3 Å². The van der Waals surface area contributed by atoms with E-state index in [0.717, 1.165) is 6.42 Å². The maximum Gasteiger partial charge on any atom is 0.232 e. The van der Waals surface area contributed by atoms with Gasteiger partial charge in [0.05, 0.1) is 18.4 Å². The summed E-state index contributed by atoms with van der Waals surface area (Å²) in [5.41, 5.74) is 1.65. The van der Waals surface area contributed by atoms with Gasteiger partial charge < -0.3 is 4.74 Å². The van der Waals surface area contributed by atoms with Gasteiger partial charge in [0.2, 0.25) is 5.88 Å². The lowest BCUT2D eigenvalue weighted by atomic mass is 9.61. The Morgan fingerprint density at radius 2 is 2.21 bits per heavy atom. The molecule has 1 spiro atoms. The van der Waals surface area contributed by atoms with Crippen LogP contribution in [0, 0.1) is 5.92 Å². The molecular formula is C18H19ClN4O. The maximum atomic E-state index is 6.33. The fourth-order valence-electron chi connectivity index (χ4n) is 4.90. The van der Waals surface area contributed by atoms with E-state index in [-0.39, 0.29) is 6.10 Å². The highest BCUT2D eigenvalue weighted by atomic mass is 35.5. The minimum Gasteiger partial charge on any atom is -0.471 e. The first-order chi connectivity index (χ1) is 11.8. The van der Waals surface area contributed by atoms with Gasteiger partial charge >= 0.3 is 0 Å². The number of ether oxygens (including phenoxy) is 1. The van der Waals surface area contributed by atoms with E-state index in [1.807, 2.05) is 18.5 Å². The van der Waals surface area contributed by atoms with E-state index in [0.29, 0.717) is 28.5 Å².